The van der Waals surface area contributed by atoms with Gasteiger partial charge >= 0.3 is 0 Å². The van der Waals surface area contributed by atoms with Crippen LogP contribution in [0.3, 0.4) is 0 Å². The van der Waals surface area contributed by atoms with E-state index in [4.69, 9.17) is 9.29 Å². The Balaban J connectivity index is 0.000000614. The lowest BCUT2D eigenvalue weighted by molar-refractivity contribution is -0.0347. The zero-order valence-electron chi connectivity index (χ0n) is 17.3. The van der Waals surface area contributed by atoms with Gasteiger partial charge in [-0.3, -0.25) is 4.55 Å². The predicted molar refractivity (Wildman–Crippen MR) is 111 cm³/mol. The van der Waals surface area contributed by atoms with Crippen molar-refractivity contribution in [1.82, 2.24) is 9.88 Å². The Morgan fingerprint density at radius 2 is 1.87 bits per heavy atom. The lowest BCUT2D eigenvalue weighted by Crippen LogP contribution is -2.44. The molecule has 0 aliphatic carbocycles. The highest BCUT2D eigenvalue weighted by molar-refractivity contribution is 7.85. The van der Waals surface area contributed by atoms with Crippen LogP contribution in [0.2, 0.25) is 0 Å². The Hall–Kier alpha value is -2.31. The van der Waals surface area contributed by atoms with Crippen LogP contribution in [-0.2, 0) is 15.7 Å². The summed E-state index contributed by atoms with van der Waals surface area (Å²) >= 11 is 0. The van der Waals surface area contributed by atoms with Crippen molar-refractivity contribution in [1.29, 1.82) is 0 Å². The number of piperidine rings is 1. The second kappa shape index (κ2) is 10.3. The van der Waals surface area contributed by atoms with Gasteiger partial charge in [0.25, 0.3) is 10.1 Å². The van der Waals surface area contributed by atoms with Crippen LogP contribution in [0.25, 0.3) is 0 Å². The first-order valence-electron chi connectivity index (χ1n) is 9.45. The van der Waals surface area contributed by atoms with Gasteiger partial charge in [0, 0.05) is 37.5 Å². The van der Waals surface area contributed by atoms with Crippen molar-refractivity contribution in [2.75, 3.05) is 33.0 Å². The summed E-state index contributed by atoms with van der Waals surface area (Å²) in [5, 5.41) is 30.4. The van der Waals surface area contributed by atoms with Crippen LogP contribution in [0.5, 0.6) is 11.6 Å². The molecule has 1 atom stereocenters. The molecule has 1 aromatic heterocycles. The van der Waals surface area contributed by atoms with E-state index in [0.29, 0.717) is 50.2 Å². The SMILES string of the molecule is COc1ccc(C2(O)CCN(CC(O)c3ccc(O)c(F)c3)CC2)cn1.CS(=O)(=O)O. The fourth-order valence-electron chi connectivity index (χ4n) is 3.25. The van der Waals surface area contributed by atoms with Gasteiger partial charge in [-0.15, -0.1) is 0 Å². The van der Waals surface area contributed by atoms with E-state index in [1.807, 2.05) is 11.0 Å². The molecule has 4 N–H and O–H groups in total. The third-order valence-corrected chi connectivity index (χ3v) is 4.95. The molecule has 172 valence electrons. The van der Waals surface area contributed by atoms with E-state index in [-0.39, 0.29) is 0 Å². The van der Waals surface area contributed by atoms with Crippen molar-refractivity contribution in [3.05, 3.63) is 53.5 Å². The maximum atomic E-state index is 13.4. The third kappa shape index (κ3) is 7.71. The normalized spacial score (nSPS) is 17.4. The van der Waals surface area contributed by atoms with Crippen molar-refractivity contribution >= 4 is 10.1 Å². The molecule has 1 aliphatic heterocycles. The molecular weight excluding hydrogens is 431 g/mol. The Morgan fingerprint density at radius 3 is 2.35 bits per heavy atom. The smallest absolute Gasteiger partial charge is 0.261 e. The number of likely N-dealkylation sites (tertiary alicyclic amines) is 1. The molecule has 9 nitrogen and oxygen atoms in total. The molecular formula is C20H27FN2O7S. The molecule has 0 spiro atoms. The van der Waals surface area contributed by atoms with E-state index < -0.39 is 33.4 Å². The summed E-state index contributed by atoms with van der Waals surface area (Å²) in [7, 11) is -2.12. The number of phenols is 1. The van der Waals surface area contributed by atoms with Gasteiger partial charge in [-0.25, -0.2) is 9.37 Å². The number of halogens is 1. The minimum Gasteiger partial charge on any atom is -0.505 e. The quantitative estimate of drug-likeness (QED) is 0.490. The molecule has 0 bridgehead atoms. The first-order chi connectivity index (χ1) is 14.4. The minimum absolute atomic E-state index is 0.334. The summed E-state index contributed by atoms with van der Waals surface area (Å²) in [5.74, 6) is -0.683. The molecule has 1 aromatic carbocycles. The summed E-state index contributed by atoms with van der Waals surface area (Å²) in [6.45, 7) is 1.53. The van der Waals surface area contributed by atoms with Gasteiger partial charge in [0.2, 0.25) is 5.88 Å². The van der Waals surface area contributed by atoms with Gasteiger partial charge in [0.1, 0.15) is 0 Å². The number of β-amino-alcohol motifs (C(OH)–C–C–N with tert-alkyl or cyclic N) is 1. The monoisotopic (exact) mass is 458 g/mol. The van der Waals surface area contributed by atoms with Gasteiger partial charge in [0.15, 0.2) is 11.6 Å². The fraction of sp³-hybridized carbons (Fsp3) is 0.450. The zero-order valence-corrected chi connectivity index (χ0v) is 18.1. The highest BCUT2D eigenvalue weighted by atomic mass is 32.2. The Morgan fingerprint density at radius 1 is 1.26 bits per heavy atom. The van der Waals surface area contributed by atoms with Gasteiger partial charge in [0.05, 0.1) is 25.1 Å². The average Bonchev–Trinajstić information content (AvgIpc) is 2.70. The number of aromatic hydroxyl groups is 1. The van der Waals surface area contributed by atoms with Crippen LogP contribution in [0.15, 0.2) is 36.5 Å². The number of nitrogens with zero attached hydrogens (tertiary/aromatic N) is 2. The van der Waals surface area contributed by atoms with Gasteiger partial charge < -0.3 is 25.0 Å². The second-order valence-electron chi connectivity index (χ2n) is 7.38. The summed E-state index contributed by atoms with van der Waals surface area (Å²) in [5.41, 5.74) is 0.213. The average molecular weight is 459 g/mol. The minimum atomic E-state index is -3.67. The van der Waals surface area contributed by atoms with Crippen LogP contribution in [0, 0.1) is 5.82 Å². The standard InChI is InChI=1S/C19H23FN2O4.CH4O3S/c1-26-18-5-3-14(11-21-18)19(25)6-8-22(9-7-19)12-17(24)13-2-4-16(23)15(20)10-13;1-5(2,3)4/h2-5,10-11,17,23-25H,6-9,12H2,1H3;1H3,(H,2,3,4). The third-order valence-electron chi connectivity index (χ3n) is 4.95. The summed E-state index contributed by atoms with van der Waals surface area (Å²) in [4.78, 5) is 6.18. The molecule has 31 heavy (non-hydrogen) atoms. The number of phenolic OH excluding ortho intramolecular Hbond substituents is 1. The first-order valence-corrected chi connectivity index (χ1v) is 11.3. The second-order valence-corrected chi connectivity index (χ2v) is 8.85. The maximum Gasteiger partial charge on any atom is 0.261 e. The highest BCUT2D eigenvalue weighted by Crippen LogP contribution is 2.33. The lowest BCUT2D eigenvalue weighted by atomic mass is 9.85. The van der Waals surface area contributed by atoms with Crippen molar-refractivity contribution < 1.29 is 37.4 Å². The van der Waals surface area contributed by atoms with Crippen LogP contribution in [0.4, 0.5) is 4.39 Å². The summed E-state index contributed by atoms with van der Waals surface area (Å²) in [6, 6.07) is 7.42. The molecule has 0 amide bonds. The van der Waals surface area contributed by atoms with E-state index >= 15 is 0 Å². The molecule has 1 aliphatic rings. The number of aliphatic hydroxyl groups is 2. The molecule has 0 saturated carbocycles. The molecule has 0 radical (unpaired) electrons. The highest BCUT2D eigenvalue weighted by Gasteiger charge is 2.34. The fourth-order valence-corrected chi connectivity index (χ4v) is 3.25. The lowest BCUT2D eigenvalue weighted by Gasteiger charge is -2.39. The zero-order chi connectivity index (χ0) is 23.2. The molecule has 1 saturated heterocycles. The molecule has 2 heterocycles. The number of benzene rings is 1. The number of pyridine rings is 1. The van der Waals surface area contributed by atoms with E-state index in [0.717, 1.165) is 11.6 Å². The number of ether oxygens (including phenoxy) is 1. The van der Waals surface area contributed by atoms with Crippen LogP contribution in [0.1, 0.15) is 30.1 Å². The number of aliphatic hydroxyl groups excluding tert-OH is 1. The molecule has 1 unspecified atom stereocenters. The number of hydrogen-bond acceptors (Lipinski definition) is 8. The van der Waals surface area contributed by atoms with Crippen LogP contribution in [-0.4, -0.2) is 71.2 Å². The van der Waals surface area contributed by atoms with Crippen molar-refractivity contribution in [3.63, 3.8) is 0 Å². The number of methoxy groups -OCH3 is 1. The molecule has 3 rings (SSSR count). The first kappa shape index (κ1) is 25.0. The van der Waals surface area contributed by atoms with E-state index in [9.17, 15) is 28.1 Å². The summed E-state index contributed by atoms with van der Waals surface area (Å²) in [6.07, 6.45) is 2.50. The maximum absolute atomic E-state index is 13.4. The van der Waals surface area contributed by atoms with Crippen LogP contribution >= 0.6 is 0 Å². The number of rotatable bonds is 5. The van der Waals surface area contributed by atoms with Crippen molar-refractivity contribution in [2.45, 2.75) is 24.5 Å². The summed E-state index contributed by atoms with van der Waals surface area (Å²) < 4.78 is 44.3. The van der Waals surface area contributed by atoms with E-state index in [1.165, 1.54) is 12.1 Å². The topological polar surface area (TPSA) is 140 Å². The largest absolute Gasteiger partial charge is 0.505 e. The Bertz CT molecular complexity index is 954. The predicted octanol–water partition coefficient (Wildman–Crippen LogP) is 1.46. The van der Waals surface area contributed by atoms with Crippen molar-refractivity contribution in [2.24, 2.45) is 0 Å². The van der Waals surface area contributed by atoms with Crippen molar-refractivity contribution in [3.8, 4) is 11.6 Å². The van der Waals surface area contributed by atoms with E-state index in [2.05, 4.69) is 4.98 Å². The van der Waals surface area contributed by atoms with Gasteiger partial charge in [-0.2, -0.15) is 8.42 Å². The Labute approximate surface area is 180 Å². The Kier molecular flexibility index (Phi) is 8.32. The number of aromatic nitrogens is 1. The van der Waals surface area contributed by atoms with Gasteiger partial charge in [-0.1, -0.05) is 6.07 Å². The molecule has 1 fully saturated rings. The number of hydrogen-bond donors (Lipinski definition) is 4. The molecule has 2 aromatic rings. The van der Waals surface area contributed by atoms with Gasteiger partial charge in [-0.05, 0) is 36.6 Å². The van der Waals surface area contributed by atoms with Crippen LogP contribution < -0.4 is 4.74 Å². The molecule has 11 heteroatoms. The van der Waals surface area contributed by atoms with E-state index in [1.54, 1.807) is 19.4 Å².